The molecule has 1 fully saturated rings. The summed E-state index contributed by atoms with van der Waals surface area (Å²) in [5.41, 5.74) is 2.65. The number of imidazole rings is 1. The largest absolute Gasteiger partial charge is 0.372 e. The molecule has 1 aliphatic heterocycles. The van der Waals surface area contributed by atoms with Gasteiger partial charge in [-0.2, -0.15) is 0 Å². The average Bonchev–Trinajstić information content (AvgIpc) is 3.45. The Balaban J connectivity index is 1.49. The second-order valence-corrected chi connectivity index (χ2v) is 9.00. The number of aromatic amines is 1. The molecule has 180 valence electrons. The van der Waals surface area contributed by atoms with Gasteiger partial charge >= 0.3 is 0 Å². The van der Waals surface area contributed by atoms with Gasteiger partial charge in [0.15, 0.2) is 0 Å². The summed E-state index contributed by atoms with van der Waals surface area (Å²) in [5, 5.41) is 10.1. The quantitative estimate of drug-likeness (QED) is 0.470. The maximum atomic E-state index is 13.3. The number of piperidine rings is 1. The number of amides is 2. The van der Waals surface area contributed by atoms with Crippen LogP contribution in [-0.2, 0) is 9.59 Å². The number of likely N-dealkylation sites (tertiary alicyclic amines) is 1. The number of nitrogens with one attached hydrogen (secondary N) is 3. The SMILES string of the molecule is C=C(N[C@@H](CC(=O)N1CCCC[C@@H]1C)C(=O)NC(C)c1nc2ccccc2[nH]1)c1cc(C)on1. The van der Waals surface area contributed by atoms with E-state index in [9.17, 15) is 9.59 Å². The van der Waals surface area contributed by atoms with E-state index >= 15 is 0 Å². The summed E-state index contributed by atoms with van der Waals surface area (Å²) in [7, 11) is 0. The topological polar surface area (TPSA) is 116 Å². The number of aromatic nitrogens is 3. The summed E-state index contributed by atoms with van der Waals surface area (Å²) in [6.07, 6.45) is 3.09. The van der Waals surface area contributed by atoms with E-state index in [0.717, 1.165) is 30.3 Å². The van der Waals surface area contributed by atoms with Crippen molar-refractivity contribution in [2.45, 2.75) is 64.6 Å². The van der Waals surface area contributed by atoms with Crippen molar-refractivity contribution < 1.29 is 14.1 Å². The zero-order valence-electron chi connectivity index (χ0n) is 19.9. The first-order chi connectivity index (χ1) is 16.3. The summed E-state index contributed by atoms with van der Waals surface area (Å²) < 4.78 is 5.13. The van der Waals surface area contributed by atoms with Crippen LogP contribution in [0.3, 0.4) is 0 Å². The van der Waals surface area contributed by atoms with Crippen molar-refractivity contribution in [3.8, 4) is 0 Å². The van der Waals surface area contributed by atoms with E-state index in [1.165, 1.54) is 0 Å². The summed E-state index contributed by atoms with van der Waals surface area (Å²) >= 11 is 0. The Bertz CT molecular complexity index is 1150. The monoisotopic (exact) mass is 464 g/mol. The molecule has 0 aliphatic carbocycles. The van der Waals surface area contributed by atoms with E-state index in [4.69, 9.17) is 4.52 Å². The Kier molecular flexibility index (Phi) is 7.00. The van der Waals surface area contributed by atoms with Crippen LogP contribution in [0.1, 0.15) is 62.9 Å². The standard InChI is InChI=1S/C25H32N6O3/c1-15-9-7-8-12-31(15)23(32)14-22(26-17(3)21-13-16(2)34-30-21)25(33)27-18(4)24-28-19-10-5-6-11-20(19)29-24/h5-6,10-11,13,15,18,22,26H,3,7-9,12,14H2,1-2,4H3,(H,27,33)(H,28,29)/t15-,18?,22-/m0/s1. The maximum Gasteiger partial charge on any atom is 0.243 e. The molecule has 0 radical (unpaired) electrons. The zero-order chi connectivity index (χ0) is 24.2. The fraction of sp³-hybridized carbons (Fsp3) is 0.440. The second-order valence-electron chi connectivity index (χ2n) is 9.00. The molecular weight excluding hydrogens is 432 g/mol. The summed E-state index contributed by atoms with van der Waals surface area (Å²) in [6.45, 7) is 10.4. The van der Waals surface area contributed by atoms with Gasteiger partial charge in [-0.25, -0.2) is 4.98 Å². The van der Waals surface area contributed by atoms with Crippen molar-refractivity contribution in [3.63, 3.8) is 0 Å². The molecule has 4 rings (SSSR count). The minimum absolute atomic E-state index is 0.0128. The van der Waals surface area contributed by atoms with Crippen LogP contribution in [0.25, 0.3) is 16.7 Å². The number of H-pyrrole nitrogens is 1. The van der Waals surface area contributed by atoms with Crippen molar-refractivity contribution in [2.75, 3.05) is 6.54 Å². The molecule has 0 spiro atoms. The van der Waals surface area contributed by atoms with Crippen molar-refractivity contribution in [1.82, 2.24) is 30.7 Å². The van der Waals surface area contributed by atoms with Gasteiger partial charge in [0.05, 0.1) is 29.2 Å². The number of carbonyl (C=O) groups is 2. The number of fused-ring (bicyclic) bond motifs is 1. The molecule has 2 amide bonds. The van der Waals surface area contributed by atoms with E-state index < -0.39 is 6.04 Å². The minimum Gasteiger partial charge on any atom is -0.372 e. The number of carbonyl (C=O) groups excluding carboxylic acids is 2. The van der Waals surface area contributed by atoms with E-state index in [1.54, 1.807) is 13.0 Å². The summed E-state index contributed by atoms with van der Waals surface area (Å²) in [5.74, 6) is 0.915. The normalized spacial score (nSPS) is 17.9. The van der Waals surface area contributed by atoms with Gasteiger partial charge in [0.25, 0.3) is 0 Å². The van der Waals surface area contributed by atoms with E-state index in [-0.39, 0.29) is 30.3 Å². The molecule has 0 bridgehead atoms. The summed E-state index contributed by atoms with van der Waals surface area (Å²) in [4.78, 5) is 36.2. The first-order valence-corrected chi connectivity index (χ1v) is 11.8. The number of hydrogen-bond donors (Lipinski definition) is 3. The molecule has 3 heterocycles. The molecule has 1 unspecified atom stereocenters. The molecule has 1 saturated heterocycles. The van der Waals surface area contributed by atoms with Gasteiger partial charge in [-0.15, -0.1) is 0 Å². The van der Waals surface area contributed by atoms with E-state index in [1.807, 2.05) is 36.1 Å². The fourth-order valence-corrected chi connectivity index (χ4v) is 4.32. The molecule has 0 saturated carbocycles. The third kappa shape index (κ3) is 5.30. The van der Waals surface area contributed by atoms with Crippen LogP contribution in [0.2, 0.25) is 0 Å². The van der Waals surface area contributed by atoms with Gasteiger partial charge in [0, 0.05) is 18.7 Å². The maximum absolute atomic E-state index is 13.3. The Labute approximate surface area is 199 Å². The lowest BCUT2D eigenvalue weighted by atomic mass is 10.0. The molecule has 3 atom stereocenters. The molecule has 3 aromatic rings. The molecule has 3 N–H and O–H groups in total. The Morgan fingerprint density at radius 1 is 1.29 bits per heavy atom. The third-order valence-corrected chi connectivity index (χ3v) is 6.28. The number of para-hydroxylation sites is 2. The number of benzene rings is 1. The predicted molar refractivity (Wildman–Crippen MR) is 129 cm³/mol. The molecule has 34 heavy (non-hydrogen) atoms. The Morgan fingerprint density at radius 3 is 2.79 bits per heavy atom. The van der Waals surface area contributed by atoms with Crippen LogP contribution in [0.15, 0.2) is 41.4 Å². The molecule has 9 heteroatoms. The van der Waals surface area contributed by atoms with Gasteiger partial charge in [0.2, 0.25) is 11.8 Å². The third-order valence-electron chi connectivity index (χ3n) is 6.28. The van der Waals surface area contributed by atoms with Gasteiger partial charge < -0.3 is 25.0 Å². The molecule has 1 aromatic carbocycles. The van der Waals surface area contributed by atoms with Crippen molar-refractivity contribution >= 4 is 28.5 Å². The number of rotatable bonds is 8. The molecule has 2 aromatic heterocycles. The van der Waals surface area contributed by atoms with Gasteiger partial charge in [-0.1, -0.05) is 23.9 Å². The zero-order valence-corrected chi connectivity index (χ0v) is 19.9. The molecule has 9 nitrogen and oxygen atoms in total. The highest BCUT2D eigenvalue weighted by molar-refractivity contribution is 5.90. The van der Waals surface area contributed by atoms with Crippen LogP contribution in [0, 0.1) is 6.92 Å². The van der Waals surface area contributed by atoms with E-state index in [0.29, 0.717) is 29.5 Å². The molecular formula is C25H32N6O3. The van der Waals surface area contributed by atoms with Gasteiger partial charge in [-0.05, 0) is 52.2 Å². The lowest BCUT2D eigenvalue weighted by Crippen LogP contribution is -2.49. The first kappa shape index (κ1) is 23.5. The lowest BCUT2D eigenvalue weighted by molar-refractivity contribution is -0.137. The minimum atomic E-state index is -0.821. The number of nitrogens with zero attached hydrogens (tertiary/aromatic N) is 3. The van der Waals surface area contributed by atoms with Crippen LogP contribution in [-0.4, -0.2) is 50.5 Å². The molecule has 1 aliphatic rings. The van der Waals surface area contributed by atoms with Crippen LogP contribution in [0.5, 0.6) is 0 Å². The average molecular weight is 465 g/mol. The van der Waals surface area contributed by atoms with E-state index in [2.05, 4.69) is 39.3 Å². The van der Waals surface area contributed by atoms with Crippen molar-refractivity contribution in [2.24, 2.45) is 0 Å². The fourth-order valence-electron chi connectivity index (χ4n) is 4.32. The predicted octanol–water partition coefficient (Wildman–Crippen LogP) is 3.46. The smallest absolute Gasteiger partial charge is 0.243 e. The lowest BCUT2D eigenvalue weighted by Gasteiger charge is -2.34. The highest BCUT2D eigenvalue weighted by Crippen LogP contribution is 2.20. The number of hydrogen-bond acceptors (Lipinski definition) is 6. The number of aryl methyl sites for hydroxylation is 1. The van der Waals surface area contributed by atoms with Gasteiger partial charge in [-0.3, -0.25) is 9.59 Å². The van der Waals surface area contributed by atoms with Gasteiger partial charge in [0.1, 0.15) is 23.3 Å². The van der Waals surface area contributed by atoms with Crippen molar-refractivity contribution in [1.29, 1.82) is 0 Å². The Morgan fingerprint density at radius 2 is 2.09 bits per heavy atom. The second kappa shape index (κ2) is 10.1. The van der Waals surface area contributed by atoms with Crippen LogP contribution >= 0.6 is 0 Å². The highest BCUT2D eigenvalue weighted by atomic mass is 16.5. The van der Waals surface area contributed by atoms with Crippen LogP contribution in [0.4, 0.5) is 0 Å². The summed E-state index contributed by atoms with van der Waals surface area (Å²) in [6, 6.07) is 8.40. The Hall–Kier alpha value is -3.62. The first-order valence-electron chi connectivity index (χ1n) is 11.8. The van der Waals surface area contributed by atoms with Crippen molar-refractivity contribution in [3.05, 3.63) is 54.2 Å². The highest BCUT2D eigenvalue weighted by Gasteiger charge is 2.30. The van der Waals surface area contributed by atoms with Crippen LogP contribution < -0.4 is 10.6 Å².